The highest BCUT2D eigenvalue weighted by molar-refractivity contribution is 6.32. The van der Waals surface area contributed by atoms with Crippen LogP contribution in [-0.4, -0.2) is 15.9 Å². The number of rotatable bonds is 2. The molecule has 2 rings (SSSR count). The molecule has 0 bridgehead atoms. The fraction of sp³-hybridized carbons (Fsp3) is 0.300. The van der Waals surface area contributed by atoms with Gasteiger partial charge in [-0.15, -0.1) is 0 Å². The summed E-state index contributed by atoms with van der Waals surface area (Å²) < 4.78 is 2.00. The molecule has 0 aliphatic carbocycles. The Balaban J connectivity index is 2.66. The van der Waals surface area contributed by atoms with Crippen LogP contribution in [0, 0.1) is 6.92 Å². The zero-order valence-corrected chi connectivity index (χ0v) is 8.75. The Morgan fingerprint density at radius 2 is 2.29 bits per heavy atom. The van der Waals surface area contributed by atoms with Crippen LogP contribution in [-0.2, 0) is 6.42 Å². The van der Waals surface area contributed by atoms with Gasteiger partial charge in [0.15, 0.2) is 5.15 Å². The van der Waals surface area contributed by atoms with E-state index in [-0.39, 0.29) is 0 Å². The molecular formula is C10H12ClN3. The van der Waals surface area contributed by atoms with Crippen molar-refractivity contribution in [1.29, 1.82) is 0 Å². The maximum Gasteiger partial charge on any atom is 0.155 e. The normalized spacial score (nSPS) is 11.1. The molecule has 0 aliphatic heterocycles. The highest BCUT2D eigenvalue weighted by atomic mass is 35.5. The Hall–Kier alpha value is -1.06. The van der Waals surface area contributed by atoms with E-state index in [1.807, 2.05) is 29.7 Å². The van der Waals surface area contributed by atoms with Crippen molar-refractivity contribution in [2.75, 3.05) is 6.54 Å². The van der Waals surface area contributed by atoms with Gasteiger partial charge in [0.05, 0.1) is 5.52 Å². The lowest BCUT2D eigenvalue weighted by Gasteiger charge is -2.00. The molecule has 4 heteroatoms. The summed E-state index contributed by atoms with van der Waals surface area (Å²) in [4.78, 5) is 4.27. The number of imidazole rings is 1. The molecule has 2 aromatic rings. The van der Waals surface area contributed by atoms with E-state index in [1.54, 1.807) is 0 Å². The van der Waals surface area contributed by atoms with Crippen molar-refractivity contribution >= 4 is 17.1 Å². The van der Waals surface area contributed by atoms with Gasteiger partial charge in [0, 0.05) is 12.6 Å². The first kappa shape index (κ1) is 9.49. The predicted octanol–water partition coefficient (Wildman–Crippen LogP) is 1.80. The summed E-state index contributed by atoms with van der Waals surface area (Å²) in [6, 6.07) is 4.00. The SMILES string of the molecule is Cc1ccc2c(Cl)nc(CCN)n2c1. The molecule has 0 saturated heterocycles. The Bertz CT molecular complexity index is 462. The van der Waals surface area contributed by atoms with Gasteiger partial charge in [-0.05, 0) is 25.1 Å². The quantitative estimate of drug-likeness (QED) is 0.820. The number of aromatic nitrogens is 2. The van der Waals surface area contributed by atoms with Gasteiger partial charge in [-0.2, -0.15) is 0 Å². The average molecular weight is 210 g/mol. The van der Waals surface area contributed by atoms with E-state index in [0.717, 1.165) is 17.8 Å². The summed E-state index contributed by atoms with van der Waals surface area (Å²) in [7, 11) is 0. The number of fused-ring (bicyclic) bond motifs is 1. The van der Waals surface area contributed by atoms with Crippen molar-refractivity contribution in [1.82, 2.24) is 9.38 Å². The molecular weight excluding hydrogens is 198 g/mol. The van der Waals surface area contributed by atoms with Crippen molar-refractivity contribution in [3.63, 3.8) is 0 Å². The lowest BCUT2D eigenvalue weighted by Crippen LogP contribution is -2.06. The Labute approximate surface area is 87.5 Å². The summed E-state index contributed by atoms with van der Waals surface area (Å²) in [5.74, 6) is 0.927. The van der Waals surface area contributed by atoms with E-state index in [2.05, 4.69) is 4.98 Å². The standard InChI is InChI=1S/C10H12ClN3/c1-7-2-3-8-10(11)13-9(4-5-12)14(8)6-7/h2-3,6H,4-5,12H2,1H3. The molecule has 14 heavy (non-hydrogen) atoms. The van der Waals surface area contributed by atoms with E-state index in [9.17, 15) is 0 Å². The minimum Gasteiger partial charge on any atom is -0.330 e. The number of hydrogen-bond acceptors (Lipinski definition) is 2. The molecule has 2 N–H and O–H groups in total. The first-order chi connectivity index (χ1) is 6.72. The van der Waals surface area contributed by atoms with Crippen LogP contribution in [0.1, 0.15) is 11.4 Å². The third kappa shape index (κ3) is 1.49. The van der Waals surface area contributed by atoms with Gasteiger partial charge in [0.1, 0.15) is 5.82 Å². The third-order valence-electron chi connectivity index (χ3n) is 2.18. The third-order valence-corrected chi connectivity index (χ3v) is 2.46. The summed E-state index contributed by atoms with van der Waals surface area (Å²) in [6.07, 6.45) is 2.77. The maximum absolute atomic E-state index is 5.99. The van der Waals surface area contributed by atoms with Gasteiger partial charge in [-0.1, -0.05) is 17.7 Å². The number of aryl methyl sites for hydroxylation is 1. The van der Waals surface area contributed by atoms with Crippen molar-refractivity contribution in [3.05, 3.63) is 34.9 Å². The van der Waals surface area contributed by atoms with Crippen molar-refractivity contribution in [3.8, 4) is 0 Å². The van der Waals surface area contributed by atoms with E-state index < -0.39 is 0 Å². The van der Waals surface area contributed by atoms with Gasteiger partial charge in [-0.25, -0.2) is 4.98 Å². The van der Waals surface area contributed by atoms with E-state index in [1.165, 1.54) is 5.56 Å². The number of nitrogens with two attached hydrogens (primary N) is 1. The van der Waals surface area contributed by atoms with E-state index >= 15 is 0 Å². The second-order valence-corrected chi connectivity index (χ2v) is 3.68. The smallest absolute Gasteiger partial charge is 0.155 e. The predicted molar refractivity (Wildman–Crippen MR) is 57.7 cm³/mol. The van der Waals surface area contributed by atoms with Crippen LogP contribution in [0.5, 0.6) is 0 Å². The molecule has 0 atom stereocenters. The molecule has 0 radical (unpaired) electrons. The zero-order chi connectivity index (χ0) is 10.1. The van der Waals surface area contributed by atoms with E-state index in [0.29, 0.717) is 11.7 Å². The molecule has 0 saturated carbocycles. The van der Waals surface area contributed by atoms with Crippen LogP contribution < -0.4 is 5.73 Å². The zero-order valence-electron chi connectivity index (χ0n) is 8.00. The largest absolute Gasteiger partial charge is 0.330 e. The first-order valence-electron chi connectivity index (χ1n) is 4.55. The number of hydrogen-bond donors (Lipinski definition) is 1. The van der Waals surface area contributed by atoms with Crippen LogP contribution in [0.3, 0.4) is 0 Å². The number of nitrogens with zero attached hydrogens (tertiary/aromatic N) is 2. The van der Waals surface area contributed by atoms with Gasteiger partial charge in [0.25, 0.3) is 0 Å². The molecule has 0 unspecified atom stereocenters. The maximum atomic E-state index is 5.99. The molecule has 0 fully saturated rings. The molecule has 2 aromatic heterocycles. The van der Waals surface area contributed by atoms with Crippen molar-refractivity contribution in [2.45, 2.75) is 13.3 Å². The monoisotopic (exact) mass is 209 g/mol. The highest BCUT2D eigenvalue weighted by Gasteiger charge is 2.07. The van der Waals surface area contributed by atoms with Crippen LogP contribution in [0.25, 0.3) is 5.52 Å². The molecule has 74 valence electrons. The first-order valence-corrected chi connectivity index (χ1v) is 4.93. The summed E-state index contributed by atoms with van der Waals surface area (Å²) in [5, 5.41) is 0.549. The highest BCUT2D eigenvalue weighted by Crippen LogP contribution is 2.18. The van der Waals surface area contributed by atoms with Crippen LogP contribution in [0.2, 0.25) is 5.15 Å². The Kier molecular flexibility index (Phi) is 2.44. The van der Waals surface area contributed by atoms with Gasteiger partial charge in [-0.3, -0.25) is 0 Å². The average Bonchev–Trinajstić information content (AvgIpc) is 2.44. The lowest BCUT2D eigenvalue weighted by molar-refractivity contribution is 0.861. The number of pyridine rings is 1. The summed E-state index contributed by atoms with van der Waals surface area (Å²) in [6.45, 7) is 2.63. The second kappa shape index (κ2) is 3.59. The second-order valence-electron chi connectivity index (χ2n) is 3.32. The summed E-state index contributed by atoms with van der Waals surface area (Å²) >= 11 is 5.99. The van der Waals surface area contributed by atoms with Crippen molar-refractivity contribution < 1.29 is 0 Å². The summed E-state index contributed by atoms with van der Waals surface area (Å²) in [5.41, 5.74) is 7.63. The number of halogens is 1. The van der Waals surface area contributed by atoms with E-state index in [4.69, 9.17) is 17.3 Å². The molecule has 0 aliphatic rings. The Morgan fingerprint density at radius 3 is 3.00 bits per heavy atom. The Morgan fingerprint density at radius 1 is 1.50 bits per heavy atom. The molecule has 0 spiro atoms. The topological polar surface area (TPSA) is 43.3 Å². The van der Waals surface area contributed by atoms with Gasteiger partial charge in [0.2, 0.25) is 0 Å². The molecule has 3 nitrogen and oxygen atoms in total. The van der Waals surface area contributed by atoms with Gasteiger partial charge < -0.3 is 10.1 Å². The van der Waals surface area contributed by atoms with Crippen LogP contribution in [0.15, 0.2) is 18.3 Å². The van der Waals surface area contributed by atoms with Crippen LogP contribution in [0.4, 0.5) is 0 Å². The van der Waals surface area contributed by atoms with Gasteiger partial charge >= 0.3 is 0 Å². The molecule has 0 aromatic carbocycles. The lowest BCUT2D eigenvalue weighted by atomic mass is 10.3. The van der Waals surface area contributed by atoms with Crippen LogP contribution >= 0.6 is 11.6 Å². The fourth-order valence-electron chi connectivity index (χ4n) is 1.52. The molecule has 2 heterocycles. The van der Waals surface area contributed by atoms with Crippen molar-refractivity contribution in [2.24, 2.45) is 5.73 Å². The minimum atomic E-state index is 0.549. The minimum absolute atomic E-state index is 0.549. The molecule has 0 amide bonds. The fourth-order valence-corrected chi connectivity index (χ4v) is 1.77.